The molecule has 0 radical (unpaired) electrons. The second kappa shape index (κ2) is 10.6. The van der Waals surface area contributed by atoms with Crippen LogP contribution >= 0.6 is 23.4 Å². The Labute approximate surface area is 178 Å². The number of carbonyl (C=O) groups is 2. The first-order chi connectivity index (χ1) is 14.1. The summed E-state index contributed by atoms with van der Waals surface area (Å²) in [6.07, 6.45) is 3.17. The van der Waals surface area contributed by atoms with E-state index in [0.717, 1.165) is 11.1 Å². The first kappa shape index (κ1) is 20.9. The minimum Gasteiger partial charge on any atom is -0.346 e. The topological polar surface area (TPSA) is 71.1 Å². The molecule has 2 aromatic carbocycles. The standard InChI is InChI=1S/C22H20ClN3O2S/c23-18-10-8-17(9-11-18)22(16-5-2-1-3-6-16)29-15-21(28)25-14-20(27)26-19-7-4-12-24-13-19/h1-13,22H,14-15H2,(H,25,28)(H,26,27). The Morgan fingerprint density at radius 2 is 1.66 bits per heavy atom. The van der Waals surface area contributed by atoms with Crippen LogP contribution in [-0.2, 0) is 9.59 Å². The number of hydrogen-bond donors (Lipinski definition) is 2. The van der Waals surface area contributed by atoms with Gasteiger partial charge in [-0.15, -0.1) is 11.8 Å². The number of thioether (sulfide) groups is 1. The lowest BCUT2D eigenvalue weighted by Crippen LogP contribution is -2.34. The Hall–Kier alpha value is -2.83. The van der Waals surface area contributed by atoms with Crippen molar-refractivity contribution in [1.29, 1.82) is 0 Å². The molecule has 3 rings (SSSR count). The van der Waals surface area contributed by atoms with Gasteiger partial charge in [-0.3, -0.25) is 14.6 Å². The van der Waals surface area contributed by atoms with Crippen LogP contribution in [-0.4, -0.2) is 29.1 Å². The summed E-state index contributed by atoms with van der Waals surface area (Å²) in [5, 5.41) is 6.00. The van der Waals surface area contributed by atoms with Crippen molar-refractivity contribution in [3.63, 3.8) is 0 Å². The van der Waals surface area contributed by atoms with Gasteiger partial charge in [-0.05, 0) is 35.4 Å². The number of rotatable bonds is 8. The second-order valence-electron chi connectivity index (χ2n) is 6.22. The molecule has 7 heteroatoms. The highest BCUT2D eigenvalue weighted by atomic mass is 35.5. The number of aromatic nitrogens is 1. The summed E-state index contributed by atoms with van der Waals surface area (Å²) in [6, 6.07) is 21.1. The highest BCUT2D eigenvalue weighted by Crippen LogP contribution is 2.35. The van der Waals surface area contributed by atoms with Gasteiger partial charge in [0.25, 0.3) is 0 Å². The molecule has 1 unspecified atom stereocenters. The zero-order valence-electron chi connectivity index (χ0n) is 15.5. The predicted octanol–water partition coefficient (Wildman–Crippen LogP) is 4.31. The Balaban J connectivity index is 1.55. The smallest absolute Gasteiger partial charge is 0.243 e. The van der Waals surface area contributed by atoms with Crippen molar-refractivity contribution >= 4 is 40.9 Å². The number of anilines is 1. The van der Waals surface area contributed by atoms with Crippen molar-refractivity contribution in [3.8, 4) is 0 Å². The first-order valence-electron chi connectivity index (χ1n) is 9.00. The number of hydrogen-bond acceptors (Lipinski definition) is 4. The van der Waals surface area contributed by atoms with E-state index in [9.17, 15) is 9.59 Å². The fourth-order valence-electron chi connectivity index (χ4n) is 2.68. The number of halogens is 1. The quantitative estimate of drug-likeness (QED) is 0.564. The van der Waals surface area contributed by atoms with Crippen molar-refractivity contribution in [2.24, 2.45) is 0 Å². The Morgan fingerprint density at radius 3 is 2.34 bits per heavy atom. The molecule has 0 aliphatic carbocycles. The SMILES string of the molecule is O=C(CSC(c1ccccc1)c1ccc(Cl)cc1)NCC(=O)Nc1cccnc1. The molecule has 3 aromatic rings. The van der Waals surface area contributed by atoms with Gasteiger partial charge in [0.05, 0.1) is 29.4 Å². The summed E-state index contributed by atoms with van der Waals surface area (Å²) >= 11 is 7.51. The summed E-state index contributed by atoms with van der Waals surface area (Å²) in [4.78, 5) is 28.2. The highest BCUT2D eigenvalue weighted by Gasteiger charge is 2.17. The molecule has 29 heavy (non-hydrogen) atoms. The summed E-state index contributed by atoms with van der Waals surface area (Å²) in [5.74, 6) is -0.276. The molecule has 0 bridgehead atoms. The average Bonchev–Trinajstić information content (AvgIpc) is 2.75. The van der Waals surface area contributed by atoms with Gasteiger partial charge in [0.2, 0.25) is 11.8 Å². The predicted molar refractivity (Wildman–Crippen MR) is 118 cm³/mol. The van der Waals surface area contributed by atoms with E-state index in [0.29, 0.717) is 10.7 Å². The van der Waals surface area contributed by atoms with E-state index < -0.39 is 0 Å². The van der Waals surface area contributed by atoms with Crippen LogP contribution in [0.5, 0.6) is 0 Å². The monoisotopic (exact) mass is 425 g/mol. The van der Waals surface area contributed by atoms with Crippen LogP contribution in [0, 0.1) is 0 Å². The molecule has 0 aliphatic rings. The molecular weight excluding hydrogens is 406 g/mol. The summed E-state index contributed by atoms with van der Waals surface area (Å²) < 4.78 is 0. The van der Waals surface area contributed by atoms with Crippen LogP contribution < -0.4 is 10.6 Å². The third-order valence-electron chi connectivity index (χ3n) is 4.05. The van der Waals surface area contributed by atoms with Crippen LogP contribution in [0.25, 0.3) is 0 Å². The number of carbonyl (C=O) groups excluding carboxylic acids is 2. The van der Waals surface area contributed by atoms with Crippen molar-refractivity contribution in [1.82, 2.24) is 10.3 Å². The van der Waals surface area contributed by atoms with Gasteiger partial charge in [-0.1, -0.05) is 54.1 Å². The number of amides is 2. The van der Waals surface area contributed by atoms with Crippen LogP contribution in [0.3, 0.4) is 0 Å². The molecule has 1 aromatic heterocycles. The highest BCUT2D eigenvalue weighted by molar-refractivity contribution is 8.00. The number of benzene rings is 2. The molecular formula is C22H20ClN3O2S. The summed E-state index contributed by atoms with van der Waals surface area (Å²) in [7, 11) is 0. The van der Waals surface area contributed by atoms with Crippen LogP contribution in [0.15, 0.2) is 79.1 Å². The number of nitrogens with zero attached hydrogens (tertiary/aromatic N) is 1. The fourth-order valence-corrected chi connectivity index (χ4v) is 3.93. The van der Waals surface area contributed by atoms with E-state index in [2.05, 4.69) is 15.6 Å². The molecule has 0 spiro atoms. The van der Waals surface area contributed by atoms with Gasteiger partial charge in [0.15, 0.2) is 0 Å². The van der Waals surface area contributed by atoms with Crippen LogP contribution in [0.4, 0.5) is 5.69 Å². The zero-order valence-corrected chi connectivity index (χ0v) is 17.1. The normalized spacial score (nSPS) is 11.5. The Bertz CT molecular complexity index is 937. The van der Waals surface area contributed by atoms with Gasteiger partial charge in [0, 0.05) is 11.2 Å². The third-order valence-corrected chi connectivity index (χ3v) is 5.61. The molecule has 0 saturated heterocycles. The lowest BCUT2D eigenvalue weighted by atomic mass is 10.0. The van der Waals surface area contributed by atoms with E-state index in [1.807, 2.05) is 54.6 Å². The molecule has 2 amide bonds. The molecule has 0 aliphatic heterocycles. The largest absolute Gasteiger partial charge is 0.346 e. The maximum atomic E-state index is 12.3. The lowest BCUT2D eigenvalue weighted by Gasteiger charge is -2.17. The second-order valence-corrected chi connectivity index (χ2v) is 7.75. The fraction of sp³-hybridized carbons (Fsp3) is 0.136. The van der Waals surface area contributed by atoms with Crippen molar-refractivity contribution in [3.05, 3.63) is 95.3 Å². The Morgan fingerprint density at radius 1 is 0.931 bits per heavy atom. The van der Waals surface area contributed by atoms with Crippen molar-refractivity contribution < 1.29 is 9.59 Å². The number of pyridine rings is 1. The van der Waals surface area contributed by atoms with Crippen molar-refractivity contribution in [2.75, 3.05) is 17.6 Å². The van der Waals surface area contributed by atoms with Crippen LogP contribution in [0.1, 0.15) is 16.4 Å². The Kier molecular flexibility index (Phi) is 7.67. The lowest BCUT2D eigenvalue weighted by molar-refractivity contribution is -0.122. The van der Waals surface area contributed by atoms with Gasteiger partial charge in [-0.2, -0.15) is 0 Å². The molecule has 5 nitrogen and oxygen atoms in total. The number of nitrogens with one attached hydrogen (secondary N) is 2. The van der Waals surface area contributed by atoms with E-state index in [1.54, 1.807) is 24.5 Å². The zero-order chi connectivity index (χ0) is 20.5. The molecule has 148 valence electrons. The third kappa shape index (κ3) is 6.62. The average molecular weight is 426 g/mol. The first-order valence-corrected chi connectivity index (χ1v) is 10.4. The van der Waals surface area contributed by atoms with Gasteiger partial charge >= 0.3 is 0 Å². The van der Waals surface area contributed by atoms with Gasteiger partial charge < -0.3 is 10.6 Å². The van der Waals surface area contributed by atoms with E-state index >= 15 is 0 Å². The molecule has 0 fully saturated rings. The minimum atomic E-state index is -0.298. The maximum Gasteiger partial charge on any atom is 0.243 e. The molecule has 1 atom stereocenters. The van der Waals surface area contributed by atoms with Crippen LogP contribution in [0.2, 0.25) is 5.02 Å². The minimum absolute atomic E-state index is 0.0107. The molecule has 1 heterocycles. The van der Waals surface area contributed by atoms with E-state index in [4.69, 9.17) is 11.6 Å². The molecule has 0 saturated carbocycles. The summed E-state index contributed by atoms with van der Waals surface area (Å²) in [6.45, 7) is -0.0920. The maximum absolute atomic E-state index is 12.3. The van der Waals surface area contributed by atoms with E-state index in [-0.39, 0.29) is 29.4 Å². The van der Waals surface area contributed by atoms with Crippen molar-refractivity contribution in [2.45, 2.75) is 5.25 Å². The molecule has 2 N–H and O–H groups in total. The summed E-state index contributed by atoms with van der Waals surface area (Å²) in [5.41, 5.74) is 2.75. The van der Waals surface area contributed by atoms with Gasteiger partial charge in [-0.25, -0.2) is 0 Å². The van der Waals surface area contributed by atoms with E-state index in [1.165, 1.54) is 11.8 Å². The van der Waals surface area contributed by atoms with Gasteiger partial charge in [0.1, 0.15) is 0 Å².